The molecule has 180 valence electrons. The number of pyridine rings is 1. The average molecular weight is 504 g/mol. The number of amides is 1. The number of nitrogens with zero attached hydrogens (tertiary/aromatic N) is 4. The molecule has 3 heterocycles. The SMILES string of the molecule is CN(C)C(=O)c1ccn(CC=O)c(=O)c1-c1cc(NCc2ccc(Cl)s2)n(C(=O)C(C)(C)C)n1. The summed E-state index contributed by atoms with van der Waals surface area (Å²) in [4.78, 5) is 52.6. The summed E-state index contributed by atoms with van der Waals surface area (Å²) in [6.07, 6.45) is 1.99. The lowest BCUT2D eigenvalue weighted by Gasteiger charge is -2.18. The van der Waals surface area contributed by atoms with Gasteiger partial charge in [-0.25, -0.2) is 0 Å². The first-order valence-corrected chi connectivity index (χ1v) is 11.7. The Bertz CT molecular complexity index is 1300. The topological polar surface area (TPSA) is 106 Å². The molecule has 34 heavy (non-hydrogen) atoms. The Kier molecular flexibility index (Phi) is 7.42. The number of thiophene rings is 1. The highest BCUT2D eigenvalue weighted by Gasteiger charge is 2.29. The minimum absolute atomic E-state index is 0.0192. The number of hydrogen-bond donors (Lipinski definition) is 1. The van der Waals surface area contributed by atoms with Gasteiger partial charge in [0.2, 0.25) is 0 Å². The van der Waals surface area contributed by atoms with Crippen LogP contribution in [0.2, 0.25) is 4.34 Å². The van der Waals surface area contributed by atoms with Crippen molar-refractivity contribution in [1.29, 1.82) is 0 Å². The Balaban J connectivity index is 2.18. The molecule has 11 heteroatoms. The van der Waals surface area contributed by atoms with Crippen molar-refractivity contribution in [3.8, 4) is 11.3 Å². The van der Waals surface area contributed by atoms with E-state index in [-0.39, 0.29) is 29.3 Å². The van der Waals surface area contributed by atoms with Crippen molar-refractivity contribution in [1.82, 2.24) is 19.2 Å². The van der Waals surface area contributed by atoms with Crippen molar-refractivity contribution in [2.45, 2.75) is 33.9 Å². The van der Waals surface area contributed by atoms with Crippen LogP contribution < -0.4 is 10.9 Å². The maximum atomic E-state index is 13.2. The van der Waals surface area contributed by atoms with E-state index in [0.29, 0.717) is 23.0 Å². The first kappa shape index (κ1) is 25.4. The van der Waals surface area contributed by atoms with Crippen molar-refractivity contribution in [2.24, 2.45) is 5.41 Å². The van der Waals surface area contributed by atoms with Crippen molar-refractivity contribution in [2.75, 3.05) is 19.4 Å². The van der Waals surface area contributed by atoms with E-state index < -0.39 is 16.9 Å². The molecule has 3 aromatic rings. The van der Waals surface area contributed by atoms with Crippen LogP contribution in [0.5, 0.6) is 0 Å². The molecule has 0 saturated carbocycles. The summed E-state index contributed by atoms with van der Waals surface area (Å²) in [5.41, 5.74) is -1.01. The second kappa shape index (κ2) is 9.94. The molecule has 0 radical (unpaired) electrons. The second-order valence-corrected chi connectivity index (χ2v) is 10.7. The quantitative estimate of drug-likeness (QED) is 0.493. The minimum Gasteiger partial charge on any atom is -0.365 e. The Morgan fingerprint density at radius 2 is 1.94 bits per heavy atom. The predicted octanol–water partition coefficient (Wildman–Crippen LogP) is 3.63. The molecule has 0 bridgehead atoms. The molecular weight excluding hydrogens is 478 g/mol. The molecule has 0 spiro atoms. The van der Waals surface area contributed by atoms with Gasteiger partial charge in [0, 0.05) is 36.7 Å². The van der Waals surface area contributed by atoms with E-state index in [4.69, 9.17) is 11.6 Å². The summed E-state index contributed by atoms with van der Waals surface area (Å²) < 4.78 is 3.05. The predicted molar refractivity (Wildman–Crippen MR) is 133 cm³/mol. The first-order valence-electron chi connectivity index (χ1n) is 10.5. The lowest BCUT2D eigenvalue weighted by Crippen LogP contribution is -2.30. The summed E-state index contributed by atoms with van der Waals surface area (Å²) >= 11 is 7.42. The van der Waals surface area contributed by atoms with Gasteiger partial charge in [-0.05, 0) is 18.2 Å². The molecule has 0 unspecified atom stereocenters. The van der Waals surface area contributed by atoms with Crippen LogP contribution in [0.15, 0.2) is 35.3 Å². The normalized spacial score (nSPS) is 11.4. The number of aromatic nitrogens is 3. The molecule has 0 atom stereocenters. The van der Waals surface area contributed by atoms with Gasteiger partial charge in [-0.1, -0.05) is 32.4 Å². The molecule has 3 rings (SSSR count). The van der Waals surface area contributed by atoms with Crippen LogP contribution in [-0.2, 0) is 17.9 Å². The zero-order chi connectivity index (χ0) is 25.2. The summed E-state index contributed by atoms with van der Waals surface area (Å²) in [6, 6.07) is 6.70. The average Bonchev–Trinajstić information content (AvgIpc) is 3.37. The van der Waals surface area contributed by atoms with Gasteiger partial charge in [-0.15, -0.1) is 11.3 Å². The molecule has 0 aliphatic rings. The van der Waals surface area contributed by atoms with Crippen molar-refractivity contribution in [3.05, 3.63) is 55.6 Å². The standard InChI is InChI=1S/C23H26ClN5O4S/c1-23(2,3)22(33)29-18(25-13-14-6-7-17(24)34-14)12-16(26-29)19-15(20(31)27(4)5)8-9-28(10-11-30)21(19)32/h6-9,11-12,25H,10,13H2,1-5H3. The number of carbonyl (C=O) groups is 3. The highest BCUT2D eigenvalue weighted by Crippen LogP contribution is 2.28. The Morgan fingerprint density at radius 3 is 2.50 bits per heavy atom. The third kappa shape index (κ3) is 5.28. The van der Waals surface area contributed by atoms with E-state index >= 15 is 0 Å². The molecule has 9 nitrogen and oxygen atoms in total. The van der Waals surface area contributed by atoms with E-state index in [1.54, 1.807) is 47.0 Å². The smallest absolute Gasteiger partial charge is 0.261 e. The van der Waals surface area contributed by atoms with Crippen LogP contribution in [0.3, 0.4) is 0 Å². The fourth-order valence-electron chi connectivity index (χ4n) is 3.19. The van der Waals surface area contributed by atoms with Gasteiger partial charge in [-0.2, -0.15) is 9.78 Å². The van der Waals surface area contributed by atoms with Crippen LogP contribution in [0, 0.1) is 5.41 Å². The summed E-state index contributed by atoms with van der Waals surface area (Å²) in [5, 5.41) is 7.63. The van der Waals surface area contributed by atoms with Gasteiger partial charge in [0.05, 0.1) is 28.6 Å². The van der Waals surface area contributed by atoms with Crippen molar-refractivity contribution >= 4 is 46.9 Å². The number of carbonyl (C=O) groups excluding carboxylic acids is 3. The first-order chi connectivity index (χ1) is 15.9. The number of aldehydes is 1. The lowest BCUT2D eigenvalue weighted by atomic mass is 9.96. The van der Waals surface area contributed by atoms with Gasteiger partial charge < -0.3 is 19.6 Å². The molecule has 0 aliphatic heterocycles. The number of anilines is 1. The van der Waals surface area contributed by atoms with Crippen LogP contribution >= 0.6 is 22.9 Å². The summed E-state index contributed by atoms with van der Waals surface area (Å²) in [5.74, 6) is -0.326. The third-order valence-corrected chi connectivity index (χ3v) is 6.18. The van der Waals surface area contributed by atoms with Gasteiger partial charge in [-0.3, -0.25) is 14.4 Å². The fourth-order valence-corrected chi connectivity index (χ4v) is 4.22. The van der Waals surface area contributed by atoms with Crippen LogP contribution in [0.25, 0.3) is 11.3 Å². The Hall–Kier alpha value is -3.24. The summed E-state index contributed by atoms with van der Waals surface area (Å²) in [7, 11) is 3.15. The van der Waals surface area contributed by atoms with Gasteiger partial charge >= 0.3 is 0 Å². The molecular formula is C23H26ClN5O4S. The van der Waals surface area contributed by atoms with E-state index in [0.717, 1.165) is 4.88 Å². The van der Waals surface area contributed by atoms with E-state index in [1.165, 1.54) is 37.7 Å². The number of nitrogens with one attached hydrogen (secondary N) is 1. The number of halogens is 1. The van der Waals surface area contributed by atoms with E-state index in [1.807, 2.05) is 6.07 Å². The van der Waals surface area contributed by atoms with Crippen LogP contribution in [-0.4, -0.2) is 51.4 Å². The Morgan fingerprint density at radius 1 is 1.24 bits per heavy atom. The Labute approximate surface area is 205 Å². The molecule has 0 fully saturated rings. The highest BCUT2D eigenvalue weighted by atomic mass is 35.5. The van der Waals surface area contributed by atoms with Gasteiger partial charge in [0.15, 0.2) is 0 Å². The van der Waals surface area contributed by atoms with Gasteiger partial charge in [0.1, 0.15) is 17.8 Å². The molecule has 1 N–H and O–H groups in total. The highest BCUT2D eigenvalue weighted by molar-refractivity contribution is 7.16. The third-order valence-electron chi connectivity index (χ3n) is 4.95. The molecule has 0 aromatic carbocycles. The molecule has 0 saturated heterocycles. The van der Waals surface area contributed by atoms with Gasteiger partial charge in [0.25, 0.3) is 17.4 Å². The molecule has 1 amide bonds. The van der Waals surface area contributed by atoms with E-state index in [2.05, 4.69) is 10.4 Å². The van der Waals surface area contributed by atoms with E-state index in [9.17, 15) is 19.2 Å². The minimum atomic E-state index is -0.761. The summed E-state index contributed by atoms with van der Waals surface area (Å²) in [6.45, 7) is 5.50. The fraction of sp³-hybridized carbons (Fsp3) is 0.348. The molecule has 0 aliphatic carbocycles. The van der Waals surface area contributed by atoms with Crippen molar-refractivity contribution in [3.63, 3.8) is 0 Å². The largest absolute Gasteiger partial charge is 0.365 e. The maximum Gasteiger partial charge on any atom is 0.261 e. The van der Waals surface area contributed by atoms with Crippen LogP contribution in [0.1, 0.15) is 40.8 Å². The zero-order valence-corrected chi connectivity index (χ0v) is 21.2. The maximum absolute atomic E-state index is 13.2. The lowest BCUT2D eigenvalue weighted by molar-refractivity contribution is -0.108. The zero-order valence-electron chi connectivity index (χ0n) is 19.6. The van der Waals surface area contributed by atoms with Crippen LogP contribution in [0.4, 0.5) is 5.82 Å². The van der Waals surface area contributed by atoms with Crippen molar-refractivity contribution < 1.29 is 14.4 Å². The molecule has 3 aromatic heterocycles. The second-order valence-electron chi connectivity index (χ2n) is 8.87. The monoisotopic (exact) mass is 503 g/mol. The number of rotatable bonds is 7. The number of hydrogen-bond acceptors (Lipinski definition) is 7.